The van der Waals surface area contributed by atoms with Gasteiger partial charge in [0, 0.05) is 34.5 Å². The van der Waals surface area contributed by atoms with Crippen LogP contribution in [-0.2, 0) is 6.42 Å². The second-order valence-corrected chi connectivity index (χ2v) is 11.2. The summed E-state index contributed by atoms with van der Waals surface area (Å²) < 4.78 is 16.1. The number of allylic oxidation sites excluding steroid dienone is 6. The highest BCUT2D eigenvalue weighted by Crippen LogP contribution is 2.34. The number of hydrogen-bond donors (Lipinski definition) is 2. The Morgan fingerprint density at radius 3 is 2.63 bits per heavy atom. The monoisotopic (exact) mass is 584 g/mol. The molecule has 1 aliphatic heterocycles. The van der Waals surface area contributed by atoms with Gasteiger partial charge in [-0.15, -0.1) is 11.3 Å². The molecular weight excluding hydrogens is 555 g/mol. The lowest BCUT2D eigenvalue weighted by molar-refractivity contribution is 0.600. The summed E-state index contributed by atoms with van der Waals surface area (Å²) in [6.07, 6.45) is 9.29. The Kier molecular flexibility index (Phi) is 7.52. The predicted octanol–water partition coefficient (Wildman–Crippen LogP) is 6.86. The third-order valence-electron chi connectivity index (χ3n) is 7.05. The smallest absolute Gasteiger partial charge is 0.161 e. The Morgan fingerprint density at radius 2 is 1.91 bits per heavy atom. The highest BCUT2D eigenvalue weighted by molar-refractivity contribution is 7.16. The summed E-state index contributed by atoms with van der Waals surface area (Å²) in [5.74, 6) is 0.0224. The molecule has 6 nitrogen and oxygen atoms in total. The molecule has 8 heteroatoms. The zero-order valence-electron chi connectivity index (χ0n) is 23.9. The van der Waals surface area contributed by atoms with Crippen LogP contribution in [0.2, 0.25) is 0 Å². The molecule has 0 atom stereocenters. The van der Waals surface area contributed by atoms with Crippen molar-refractivity contribution in [1.29, 1.82) is 0 Å². The number of thiophene rings is 1. The average Bonchev–Trinajstić information content (AvgIpc) is 3.65. The van der Waals surface area contributed by atoms with Gasteiger partial charge in [0.1, 0.15) is 22.6 Å². The van der Waals surface area contributed by atoms with Crippen molar-refractivity contribution in [3.8, 4) is 10.6 Å². The molecule has 1 aromatic carbocycles. The SMILES string of the molecule is C=C/C(=C\C(=C/C)c1ncc2c(c1F)=C(c1nc3c(-c4ccc(C(=C)C)s4)nccc3[nH]1)N=2)NC(=C)Cc1ccccc1. The molecular formula is C35H29FN6S. The van der Waals surface area contributed by atoms with Crippen molar-refractivity contribution in [2.75, 3.05) is 0 Å². The van der Waals surface area contributed by atoms with E-state index in [1.54, 1.807) is 29.8 Å². The fourth-order valence-corrected chi connectivity index (χ4v) is 5.83. The summed E-state index contributed by atoms with van der Waals surface area (Å²) in [4.78, 5) is 23.7. The van der Waals surface area contributed by atoms with E-state index in [0.717, 1.165) is 37.8 Å². The lowest BCUT2D eigenvalue weighted by atomic mass is 10.1. The Morgan fingerprint density at radius 1 is 1.09 bits per heavy atom. The molecule has 0 spiro atoms. The molecule has 43 heavy (non-hydrogen) atoms. The van der Waals surface area contributed by atoms with Gasteiger partial charge in [0.25, 0.3) is 0 Å². The van der Waals surface area contributed by atoms with E-state index >= 15 is 4.39 Å². The third-order valence-corrected chi connectivity index (χ3v) is 8.30. The van der Waals surface area contributed by atoms with Gasteiger partial charge < -0.3 is 10.3 Å². The molecule has 5 aromatic rings. The molecule has 4 aromatic heterocycles. The van der Waals surface area contributed by atoms with E-state index in [1.165, 1.54) is 0 Å². The zero-order valence-corrected chi connectivity index (χ0v) is 24.7. The van der Waals surface area contributed by atoms with Gasteiger partial charge in [-0.05, 0) is 55.3 Å². The van der Waals surface area contributed by atoms with Crippen molar-refractivity contribution < 1.29 is 4.39 Å². The van der Waals surface area contributed by atoms with Gasteiger partial charge in [0.15, 0.2) is 11.6 Å². The number of pyridine rings is 2. The summed E-state index contributed by atoms with van der Waals surface area (Å²) in [6.45, 7) is 15.9. The van der Waals surface area contributed by atoms with E-state index in [1.807, 2.05) is 74.5 Å². The van der Waals surface area contributed by atoms with Crippen LogP contribution in [0.15, 0.2) is 115 Å². The molecule has 1 aliphatic rings. The summed E-state index contributed by atoms with van der Waals surface area (Å²) >= 11 is 1.61. The molecule has 0 radical (unpaired) electrons. The van der Waals surface area contributed by atoms with Crippen molar-refractivity contribution in [3.63, 3.8) is 0 Å². The lowest BCUT2D eigenvalue weighted by Gasteiger charge is -2.14. The van der Waals surface area contributed by atoms with E-state index in [0.29, 0.717) is 45.3 Å². The number of halogens is 1. The predicted molar refractivity (Wildman–Crippen MR) is 174 cm³/mol. The van der Waals surface area contributed by atoms with Crippen LogP contribution in [0.4, 0.5) is 4.39 Å². The number of H-pyrrole nitrogens is 1. The van der Waals surface area contributed by atoms with Gasteiger partial charge in [-0.2, -0.15) is 0 Å². The average molecular weight is 585 g/mol. The van der Waals surface area contributed by atoms with Gasteiger partial charge in [-0.25, -0.2) is 14.4 Å². The van der Waals surface area contributed by atoms with Crippen LogP contribution in [0.3, 0.4) is 0 Å². The van der Waals surface area contributed by atoms with Crippen LogP contribution in [0, 0.1) is 5.82 Å². The molecule has 0 saturated heterocycles. The number of rotatable bonds is 10. The van der Waals surface area contributed by atoms with E-state index in [2.05, 4.69) is 45.0 Å². The lowest BCUT2D eigenvalue weighted by Crippen LogP contribution is -2.40. The molecule has 0 fully saturated rings. The number of hydrogen-bond acceptors (Lipinski definition) is 6. The second kappa shape index (κ2) is 11.6. The van der Waals surface area contributed by atoms with Crippen LogP contribution >= 0.6 is 11.3 Å². The van der Waals surface area contributed by atoms with Crippen molar-refractivity contribution in [1.82, 2.24) is 25.3 Å². The standard InChI is InChI=1S/C35H29FN6S/c1-6-23(18-24(7-2)39-21(5)17-22-11-9-8-10-12-22)31-30(36)29-26(19-38-31)40-34(29)35-41-25-15-16-37-33(32(25)42-35)28-14-13-27(43-28)20(3)4/h6-16,18-19,39H,2-3,5,17H2,1,4H3,(H,41,42)/b23-6+,24-18+. The number of aromatic nitrogens is 4. The van der Waals surface area contributed by atoms with Gasteiger partial charge >= 0.3 is 0 Å². The fourth-order valence-electron chi connectivity index (χ4n) is 4.90. The fraction of sp³-hybridized carbons (Fsp3) is 0.0857. The molecule has 212 valence electrons. The van der Waals surface area contributed by atoms with Crippen LogP contribution < -0.4 is 15.9 Å². The largest absolute Gasteiger partial charge is 0.359 e. The number of nitrogens with one attached hydrogen (secondary N) is 2. The number of nitrogens with zero attached hydrogens (tertiary/aromatic N) is 4. The quantitative estimate of drug-likeness (QED) is 0.176. The van der Waals surface area contributed by atoms with Crippen molar-refractivity contribution in [2.24, 2.45) is 4.99 Å². The minimum Gasteiger partial charge on any atom is -0.359 e. The van der Waals surface area contributed by atoms with Crippen LogP contribution in [0.25, 0.3) is 38.4 Å². The van der Waals surface area contributed by atoms with Gasteiger partial charge in [-0.3, -0.25) is 9.97 Å². The zero-order chi connectivity index (χ0) is 30.1. The first kappa shape index (κ1) is 27.9. The Bertz CT molecular complexity index is 2110. The van der Waals surface area contributed by atoms with E-state index in [4.69, 9.17) is 4.98 Å². The maximum Gasteiger partial charge on any atom is 0.161 e. The summed E-state index contributed by atoms with van der Waals surface area (Å²) in [6, 6.07) is 16.0. The van der Waals surface area contributed by atoms with E-state index < -0.39 is 5.82 Å². The van der Waals surface area contributed by atoms with Gasteiger partial charge in [0.2, 0.25) is 0 Å². The van der Waals surface area contributed by atoms with Crippen molar-refractivity contribution >= 4 is 39.2 Å². The first-order valence-electron chi connectivity index (χ1n) is 13.7. The Balaban J connectivity index is 1.34. The van der Waals surface area contributed by atoms with E-state index in [-0.39, 0.29) is 5.69 Å². The molecule has 2 N–H and O–H groups in total. The number of imidazole rings is 1. The minimum absolute atomic E-state index is 0.216. The van der Waals surface area contributed by atoms with E-state index in [9.17, 15) is 0 Å². The number of benzene rings is 1. The van der Waals surface area contributed by atoms with Gasteiger partial charge in [0.05, 0.1) is 27.2 Å². The summed E-state index contributed by atoms with van der Waals surface area (Å²) in [5, 5.41) is 4.16. The number of aromatic amines is 1. The second-order valence-electron chi connectivity index (χ2n) is 10.2. The van der Waals surface area contributed by atoms with Crippen LogP contribution in [-0.4, -0.2) is 19.9 Å². The molecule has 0 unspecified atom stereocenters. The summed E-state index contributed by atoms with van der Waals surface area (Å²) in [5.41, 5.74) is 7.14. The molecule has 0 bridgehead atoms. The van der Waals surface area contributed by atoms with Crippen LogP contribution in [0.5, 0.6) is 0 Å². The maximum atomic E-state index is 16.1. The highest BCUT2D eigenvalue weighted by Gasteiger charge is 2.23. The Hall–Kier alpha value is -5.21. The highest BCUT2D eigenvalue weighted by atomic mass is 32.1. The van der Waals surface area contributed by atoms with Crippen molar-refractivity contribution in [2.45, 2.75) is 20.3 Å². The summed E-state index contributed by atoms with van der Waals surface area (Å²) in [7, 11) is 0. The molecule has 0 saturated carbocycles. The minimum atomic E-state index is -0.457. The van der Waals surface area contributed by atoms with Crippen molar-refractivity contribution in [3.05, 3.63) is 149 Å². The first-order valence-corrected chi connectivity index (χ1v) is 14.6. The molecule has 0 amide bonds. The topological polar surface area (TPSA) is 78.8 Å². The first-order chi connectivity index (χ1) is 20.9. The molecule has 5 heterocycles. The molecule has 6 rings (SSSR count). The van der Waals surface area contributed by atoms with Crippen LogP contribution in [0.1, 0.15) is 35.8 Å². The Labute approximate surface area is 252 Å². The normalized spacial score (nSPS) is 12.9. The van der Waals surface area contributed by atoms with Gasteiger partial charge in [-0.1, -0.05) is 56.1 Å². The molecule has 0 aliphatic carbocycles. The number of fused-ring (bicyclic) bond motifs is 2. The maximum absolute atomic E-state index is 16.1. The third kappa shape index (κ3) is 5.40.